The van der Waals surface area contributed by atoms with E-state index < -0.39 is 10.0 Å². The molecule has 5 heteroatoms. The van der Waals surface area contributed by atoms with Crippen LogP contribution in [0.4, 0.5) is 0 Å². The summed E-state index contributed by atoms with van der Waals surface area (Å²) in [5.74, 6) is -0.0413. The second-order valence-electron chi connectivity index (χ2n) is 6.26. The van der Waals surface area contributed by atoms with Gasteiger partial charge in [-0.15, -0.1) is 0 Å². The van der Waals surface area contributed by atoms with E-state index >= 15 is 0 Å². The van der Waals surface area contributed by atoms with E-state index in [1.165, 1.54) is 5.56 Å². The summed E-state index contributed by atoms with van der Waals surface area (Å²) in [4.78, 5) is 0.332. The maximum atomic E-state index is 12.6. The standard InChI is InChI=1S/C19H23NO3S/c21-12-11-18(15-5-2-1-3-6-15)14-20-24(22,23)19-10-9-16-7-4-8-17(16)13-19/h1-3,5-6,9-10,13,18,20-21H,4,7-8,11-12,14H2. The molecule has 1 atom stereocenters. The summed E-state index contributed by atoms with van der Waals surface area (Å²) in [5, 5.41) is 9.27. The molecular formula is C19H23NO3S. The van der Waals surface area contributed by atoms with Crippen molar-refractivity contribution in [1.29, 1.82) is 0 Å². The summed E-state index contributed by atoms with van der Waals surface area (Å²) in [7, 11) is -3.53. The van der Waals surface area contributed by atoms with Crippen molar-refractivity contribution in [2.45, 2.75) is 36.5 Å². The Bertz CT molecular complexity index is 788. The van der Waals surface area contributed by atoms with E-state index in [0.717, 1.165) is 30.4 Å². The van der Waals surface area contributed by atoms with E-state index in [0.29, 0.717) is 11.3 Å². The lowest BCUT2D eigenvalue weighted by molar-refractivity contribution is 0.275. The molecule has 4 nitrogen and oxygen atoms in total. The van der Waals surface area contributed by atoms with Crippen LogP contribution in [-0.2, 0) is 22.9 Å². The number of sulfonamides is 1. The van der Waals surface area contributed by atoms with E-state index in [2.05, 4.69) is 4.72 Å². The number of rotatable bonds is 7. The third-order valence-electron chi connectivity index (χ3n) is 4.65. The molecule has 0 heterocycles. The van der Waals surface area contributed by atoms with Gasteiger partial charge in [-0.25, -0.2) is 13.1 Å². The van der Waals surface area contributed by atoms with E-state index in [-0.39, 0.29) is 19.1 Å². The maximum absolute atomic E-state index is 12.6. The van der Waals surface area contributed by atoms with Gasteiger partial charge in [-0.1, -0.05) is 36.4 Å². The van der Waals surface area contributed by atoms with Crippen LogP contribution in [0.25, 0.3) is 0 Å². The number of hydrogen-bond donors (Lipinski definition) is 2. The lowest BCUT2D eigenvalue weighted by Gasteiger charge is -2.17. The summed E-state index contributed by atoms with van der Waals surface area (Å²) >= 11 is 0. The smallest absolute Gasteiger partial charge is 0.240 e. The van der Waals surface area contributed by atoms with Gasteiger partial charge in [-0.3, -0.25) is 0 Å². The van der Waals surface area contributed by atoms with Gasteiger partial charge in [0.15, 0.2) is 0 Å². The summed E-state index contributed by atoms with van der Waals surface area (Å²) in [6.07, 6.45) is 3.61. The number of benzene rings is 2. The molecule has 128 valence electrons. The summed E-state index contributed by atoms with van der Waals surface area (Å²) < 4.78 is 27.9. The van der Waals surface area contributed by atoms with Crippen LogP contribution in [0.1, 0.15) is 35.4 Å². The number of fused-ring (bicyclic) bond motifs is 1. The normalized spacial score (nSPS) is 15.2. The summed E-state index contributed by atoms with van der Waals surface area (Å²) in [5.41, 5.74) is 3.44. The molecule has 0 saturated carbocycles. The topological polar surface area (TPSA) is 66.4 Å². The molecule has 0 radical (unpaired) electrons. The molecule has 2 aromatic rings. The Hall–Kier alpha value is -1.69. The lowest BCUT2D eigenvalue weighted by atomic mass is 9.96. The van der Waals surface area contributed by atoms with Crippen LogP contribution in [0.5, 0.6) is 0 Å². The fourth-order valence-electron chi connectivity index (χ4n) is 3.28. The average molecular weight is 345 g/mol. The van der Waals surface area contributed by atoms with Gasteiger partial charge in [0, 0.05) is 13.2 Å². The van der Waals surface area contributed by atoms with Crippen LogP contribution in [0.15, 0.2) is 53.4 Å². The monoisotopic (exact) mass is 345 g/mol. The third-order valence-corrected chi connectivity index (χ3v) is 6.07. The van der Waals surface area contributed by atoms with Gasteiger partial charge in [0.05, 0.1) is 4.90 Å². The maximum Gasteiger partial charge on any atom is 0.240 e. The Morgan fingerprint density at radius 3 is 2.54 bits per heavy atom. The van der Waals surface area contributed by atoms with Gasteiger partial charge in [0.2, 0.25) is 10.0 Å². The zero-order valence-electron chi connectivity index (χ0n) is 13.6. The lowest BCUT2D eigenvalue weighted by Crippen LogP contribution is -2.29. The zero-order chi connectivity index (χ0) is 17.0. The molecule has 1 aliphatic carbocycles. The van der Waals surface area contributed by atoms with Gasteiger partial charge in [0.25, 0.3) is 0 Å². The second-order valence-corrected chi connectivity index (χ2v) is 8.02. The zero-order valence-corrected chi connectivity index (χ0v) is 14.4. The first kappa shape index (κ1) is 17.1. The molecule has 24 heavy (non-hydrogen) atoms. The van der Waals surface area contributed by atoms with Crippen molar-refractivity contribution in [1.82, 2.24) is 4.72 Å². The van der Waals surface area contributed by atoms with Crippen molar-refractivity contribution < 1.29 is 13.5 Å². The van der Waals surface area contributed by atoms with Crippen molar-refractivity contribution in [2.75, 3.05) is 13.2 Å². The molecule has 0 bridgehead atoms. The van der Waals surface area contributed by atoms with Gasteiger partial charge in [-0.2, -0.15) is 0 Å². The SMILES string of the molecule is O=S(=O)(NCC(CCO)c1ccccc1)c1ccc2c(c1)CCC2. The summed E-state index contributed by atoms with van der Waals surface area (Å²) in [6.45, 7) is 0.310. The van der Waals surface area contributed by atoms with E-state index in [9.17, 15) is 13.5 Å². The molecule has 0 fully saturated rings. The first-order chi connectivity index (χ1) is 11.6. The molecule has 0 aromatic heterocycles. The third kappa shape index (κ3) is 3.86. The van der Waals surface area contributed by atoms with Gasteiger partial charge in [-0.05, 0) is 60.4 Å². The number of aliphatic hydroxyl groups excluding tert-OH is 1. The minimum absolute atomic E-state index is 0.0279. The predicted molar refractivity (Wildman–Crippen MR) is 94.5 cm³/mol. The van der Waals surface area contributed by atoms with Crippen molar-refractivity contribution >= 4 is 10.0 Å². The number of hydrogen-bond acceptors (Lipinski definition) is 3. The first-order valence-corrected chi connectivity index (χ1v) is 9.86. The Labute approximate surface area is 143 Å². The Morgan fingerprint density at radius 2 is 1.79 bits per heavy atom. The molecule has 2 aromatic carbocycles. The molecule has 2 N–H and O–H groups in total. The number of aryl methyl sites for hydroxylation is 2. The Kier molecular flexibility index (Phi) is 5.33. The number of nitrogens with one attached hydrogen (secondary N) is 1. The van der Waals surface area contributed by atoms with Crippen LogP contribution >= 0.6 is 0 Å². The molecule has 1 unspecified atom stereocenters. The fraction of sp³-hybridized carbons (Fsp3) is 0.368. The average Bonchev–Trinajstić information content (AvgIpc) is 3.07. The fourth-order valence-corrected chi connectivity index (χ4v) is 4.41. The van der Waals surface area contributed by atoms with Gasteiger partial charge in [0.1, 0.15) is 0 Å². The van der Waals surface area contributed by atoms with Crippen LogP contribution in [0.3, 0.4) is 0 Å². The van der Waals surface area contributed by atoms with Crippen LogP contribution in [0.2, 0.25) is 0 Å². The summed E-state index contributed by atoms with van der Waals surface area (Å²) in [6, 6.07) is 15.1. The largest absolute Gasteiger partial charge is 0.396 e. The highest BCUT2D eigenvalue weighted by atomic mass is 32.2. The highest BCUT2D eigenvalue weighted by Crippen LogP contribution is 2.25. The molecule has 0 aliphatic heterocycles. The second kappa shape index (κ2) is 7.47. The van der Waals surface area contributed by atoms with Gasteiger partial charge < -0.3 is 5.11 Å². The van der Waals surface area contributed by atoms with Crippen molar-refractivity contribution in [3.05, 3.63) is 65.2 Å². The van der Waals surface area contributed by atoms with Crippen LogP contribution < -0.4 is 4.72 Å². The predicted octanol–water partition coefficient (Wildman–Crippen LogP) is 2.62. The quantitative estimate of drug-likeness (QED) is 0.811. The van der Waals surface area contributed by atoms with E-state index in [1.807, 2.05) is 36.4 Å². The minimum atomic E-state index is -3.53. The molecule has 3 rings (SSSR count). The van der Waals surface area contributed by atoms with E-state index in [4.69, 9.17) is 0 Å². The first-order valence-electron chi connectivity index (χ1n) is 8.37. The van der Waals surface area contributed by atoms with Crippen molar-refractivity contribution in [2.24, 2.45) is 0 Å². The number of aliphatic hydroxyl groups is 1. The van der Waals surface area contributed by atoms with Crippen molar-refractivity contribution in [3.63, 3.8) is 0 Å². The highest BCUT2D eigenvalue weighted by molar-refractivity contribution is 7.89. The Balaban J connectivity index is 1.74. The van der Waals surface area contributed by atoms with Gasteiger partial charge >= 0.3 is 0 Å². The minimum Gasteiger partial charge on any atom is -0.396 e. The molecule has 0 amide bonds. The highest BCUT2D eigenvalue weighted by Gasteiger charge is 2.20. The van der Waals surface area contributed by atoms with Crippen LogP contribution in [-0.4, -0.2) is 26.7 Å². The molecule has 0 saturated heterocycles. The molecule has 1 aliphatic rings. The van der Waals surface area contributed by atoms with Crippen molar-refractivity contribution in [3.8, 4) is 0 Å². The Morgan fingerprint density at radius 1 is 1.04 bits per heavy atom. The molecular weight excluding hydrogens is 322 g/mol. The van der Waals surface area contributed by atoms with E-state index in [1.54, 1.807) is 12.1 Å². The van der Waals surface area contributed by atoms with Crippen LogP contribution in [0, 0.1) is 0 Å². The molecule has 0 spiro atoms.